The minimum absolute atomic E-state index is 0.0816. The lowest BCUT2D eigenvalue weighted by atomic mass is 10.1. The second kappa shape index (κ2) is 10.3. The molecule has 4 amide bonds. The van der Waals surface area contributed by atoms with Gasteiger partial charge in [-0.2, -0.15) is 0 Å². The molecule has 2 aromatic carbocycles. The lowest BCUT2D eigenvalue weighted by molar-refractivity contribution is -0.127. The smallest absolute Gasteiger partial charge is 0.324 e. The molecule has 1 fully saturated rings. The third-order valence-corrected chi connectivity index (χ3v) is 5.96. The van der Waals surface area contributed by atoms with Crippen molar-refractivity contribution >= 4 is 28.7 Å². The van der Waals surface area contributed by atoms with E-state index in [2.05, 4.69) is 15.6 Å². The molecule has 3 aromatic rings. The Labute approximate surface area is 192 Å². The van der Waals surface area contributed by atoms with Crippen LogP contribution in [0.4, 0.5) is 4.79 Å². The minimum Gasteiger partial charge on any atom is -0.394 e. The molecule has 1 aliphatic heterocycles. The molecular formula is C25H28N4O4. The van der Waals surface area contributed by atoms with Gasteiger partial charge >= 0.3 is 6.03 Å². The fraction of sp³-hybridized carbons (Fsp3) is 0.320. The molecule has 172 valence electrons. The van der Waals surface area contributed by atoms with Gasteiger partial charge in [-0.15, -0.1) is 0 Å². The van der Waals surface area contributed by atoms with Gasteiger partial charge in [-0.1, -0.05) is 48.5 Å². The third kappa shape index (κ3) is 5.40. The summed E-state index contributed by atoms with van der Waals surface area (Å²) in [5.74, 6) is -0.570. The number of carbonyl (C=O) groups excluding carboxylic acids is 3. The number of aliphatic hydroxyl groups is 1. The van der Waals surface area contributed by atoms with Crippen molar-refractivity contribution in [3.8, 4) is 0 Å². The summed E-state index contributed by atoms with van der Waals surface area (Å²) in [5, 5.41) is 16.2. The van der Waals surface area contributed by atoms with Crippen molar-refractivity contribution in [2.24, 2.45) is 0 Å². The van der Waals surface area contributed by atoms with Crippen molar-refractivity contribution in [2.45, 2.75) is 37.8 Å². The van der Waals surface area contributed by atoms with E-state index in [1.165, 1.54) is 4.90 Å². The predicted molar refractivity (Wildman–Crippen MR) is 124 cm³/mol. The van der Waals surface area contributed by atoms with Crippen molar-refractivity contribution in [1.29, 1.82) is 0 Å². The number of benzene rings is 2. The first-order chi connectivity index (χ1) is 16.0. The summed E-state index contributed by atoms with van der Waals surface area (Å²) >= 11 is 0. The van der Waals surface area contributed by atoms with Gasteiger partial charge in [0.25, 0.3) is 5.91 Å². The first-order valence-electron chi connectivity index (χ1n) is 11.2. The lowest BCUT2D eigenvalue weighted by Gasteiger charge is -2.17. The number of H-pyrrole nitrogens is 1. The highest BCUT2D eigenvalue weighted by molar-refractivity contribution is 6.04. The molecule has 4 rings (SSSR count). The number of hydrogen-bond donors (Lipinski definition) is 4. The molecule has 1 unspecified atom stereocenters. The normalized spacial score (nSPS) is 16.8. The van der Waals surface area contributed by atoms with Crippen LogP contribution in [0, 0.1) is 0 Å². The number of imide groups is 1. The minimum atomic E-state index is -0.715. The van der Waals surface area contributed by atoms with E-state index >= 15 is 0 Å². The Kier molecular flexibility index (Phi) is 7.04. The molecule has 0 radical (unpaired) electrons. The zero-order chi connectivity index (χ0) is 23.2. The van der Waals surface area contributed by atoms with Crippen LogP contribution >= 0.6 is 0 Å². The van der Waals surface area contributed by atoms with E-state index in [4.69, 9.17) is 0 Å². The molecule has 1 saturated heterocycles. The van der Waals surface area contributed by atoms with E-state index in [-0.39, 0.29) is 37.8 Å². The Morgan fingerprint density at radius 2 is 1.85 bits per heavy atom. The van der Waals surface area contributed by atoms with E-state index in [0.29, 0.717) is 12.8 Å². The average molecular weight is 449 g/mol. The van der Waals surface area contributed by atoms with Crippen molar-refractivity contribution in [3.05, 3.63) is 71.9 Å². The zero-order valence-corrected chi connectivity index (χ0v) is 18.3. The molecule has 4 N–H and O–H groups in total. The number of aromatic amines is 1. The predicted octanol–water partition coefficient (Wildman–Crippen LogP) is 2.13. The van der Waals surface area contributed by atoms with Gasteiger partial charge in [-0.25, -0.2) is 4.79 Å². The number of rotatable bonds is 10. The second-order valence-electron chi connectivity index (χ2n) is 8.28. The Morgan fingerprint density at radius 1 is 1.09 bits per heavy atom. The highest BCUT2D eigenvalue weighted by atomic mass is 16.3. The van der Waals surface area contributed by atoms with Crippen molar-refractivity contribution < 1.29 is 19.5 Å². The second-order valence-corrected chi connectivity index (χ2v) is 8.28. The Balaban J connectivity index is 1.26. The standard InChI is InChI=1S/C25H28N4O4/c30-16-19(14-17-6-2-1-3-7-17)27-23(31)11-10-22-24(32)29(25(33)28-22)13-12-18-15-26-21-9-5-4-8-20(18)21/h1-9,15,19,22,26,30H,10-14,16H2,(H,27,31)(H,28,33)/t19-,22?/m0/s1. The highest BCUT2D eigenvalue weighted by Crippen LogP contribution is 2.19. The summed E-state index contributed by atoms with van der Waals surface area (Å²) in [6.07, 6.45) is 3.26. The molecule has 33 heavy (non-hydrogen) atoms. The van der Waals surface area contributed by atoms with E-state index < -0.39 is 18.1 Å². The van der Waals surface area contributed by atoms with E-state index in [1.807, 2.05) is 60.8 Å². The SMILES string of the molecule is O=C(CCC1NC(=O)N(CCc2c[nH]c3ccccc23)C1=O)N[C@H](CO)Cc1ccccc1. The van der Waals surface area contributed by atoms with E-state index in [9.17, 15) is 19.5 Å². The number of nitrogens with zero attached hydrogens (tertiary/aromatic N) is 1. The molecule has 0 saturated carbocycles. The van der Waals surface area contributed by atoms with Gasteiger partial charge < -0.3 is 20.7 Å². The van der Waals surface area contributed by atoms with Crippen LogP contribution < -0.4 is 10.6 Å². The van der Waals surface area contributed by atoms with Crippen LogP contribution in [0.1, 0.15) is 24.0 Å². The maximum atomic E-state index is 12.7. The van der Waals surface area contributed by atoms with Crippen LogP contribution in [-0.2, 0) is 22.4 Å². The monoisotopic (exact) mass is 448 g/mol. The largest absolute Gasteiger partial charge is 0.394 e. The van der Waals surface area contributed by atoms with Gasteiger partial charge in [0.15, 0.2) is 0 Å². The molecule has 0 aliphatic carbocycles. The number of fused-ring (bicyclic) bond motifs is 1. The number of urea groups is 1. The fourth-order valence-corrected chi connectivity index (χ4v) is 4.19. The summed E-state index contributed by atoms with van der Waals surface area (Å²) in [6.45, 7) is 0.0974. The van der Waals surface area contributed by atoms with Crippen LogP contribution in [0.5, 0.6) is 0 Å². The molecule has 2 atom stereocenters. The lowest BCUT2D eigenvalue weighted by Crippen LogP contribution is -2.40. The summed E-state index contributed by atoms with van der Waals surface area (Å²) in [7, 11) is 0. The molecule has 2 heterocycles. The van der Waals surface area contributed by atoms with Gasteiger partial charge in [0.2, 0.25) is 5.91 Å². The quantitative estimate of drug-likeness (QED) is 0.356. The Hall–Kier alpha value is -3.65. The molecule has 0 bridgehead atoms. The number of para-hydroxylation sites is 1. The first kappa shape index (κ1) is 22.5. The van der Waals surface area contributed by atoms with E-state index in [0.717, 1.165) is 22.0 Å². The molecule has 0 spiro atoms. The third-order valence-electron chi connectivity index (χ3n) is 5.96. The number of nitrogens with one attached hydrogen (secondary N) is 3. The molecule has 1 aliphatic rings. The molecule has 1 aromatic heterocycles. The van der Waals surface area contributed by atoms with Gasteiger partial charge in [0, 0.05) is 30.1 Å². The number of aliphatic hydroxyl groups excluding tert-OH is 1. The van der Waals surface area contributed by atoms with Crippen LogP contribution in [-0.4, -0.2) is 58.1 Å². The Morgan fingerprint density at radius 3 is 2.64 bits per heavy atom. The van der Waals surface area contributed by atoms with Crippen molar-refractivity contribution in [2.75, 3.05) is 13.2 Å². The average Bonchev–Trinajstić information content (AvgIpc) is 3.36. The number of carbonyl (C=O) groups is 3. The zero-order valence-electron chi connectivity index (χ0n) is 18.3. The van der Waals surface area contributed by atoms with Crippen LogP contribution in [0.15, 0.2) is 60.8 Å². The number of amides is 4. The van der Waals surface area contributed by atoms with Crippen LogP contribution in [0.3, 0.4) is 0 Å². The molecule has 8 heteroatoms. The highest BCUT2D eigenvalue weighted by Gasteiger charge is 2.37. The van der Waals surface area contributed by atoms with E-state index in [1.54, 1.807) is 0 Å². The number of hydrogen-bond acceptors (Lipinski definition) is 4. The molecule has 8 nitrogen and oxygen atoms in total. The maximum absolute atomic E-state index is 12.7. The van der Waals surface area contributed by atoms with Gasteiger partial charge in [0.1, 0.15) is 6.04 Å². The fourth-order valence-electron chi connectivity index (χ4n) is 4.19. The van der Waals surface area contributed by atoms with Crippen molar-refractivity contribution in [1.82, 2.24) is 20.5 Å². The summed E-state index contributed by atoms with van der Waals surface area (Å²) < 4.78 is 0. The van der Waals surface area contributed by atoms with Gasteiger partial charge in [-0.05, 0) is 36.5 Å². The van der Waals surface area contributed by atoms with Crippen LogP contribution in [0.2, 0.25) is 0 Å². The van der Waals surface area contributed by atoms with Crippen molar-refractivity contribution in [3.63, 3.8) is 0 Å². The number of aromatic nitrogens is 1. The topological polar surface area (TPSA) is 115 Å². The summed E-state index contributed by atoms with van der Waals surface area (Å²) in [5.41, 5.74) is 3.07. The first-order valence-corrected chi connectivity index (χ1v) is 11.2. The van der Waals surface area contributed by atoms with Crippen LogP contribution in [0.25, 0.3) is 10.9 Å². The Bertz CT molecular complexity index is 1130. The summed E-state index contributed by atoms with van der Waals surface area (Å²) in [4.78, 5) is 41.9. The van der Waals surface area contributed by atoms with Gasteiger partial charge in [0.05, 0.1) is 12.6 Å². The van der Waals surface area contributed by atoms with Gasteiger partial charge in [-0.3, -0.25) is 14.5 Å². The maximum Gasteiger partial charge on any atom is 0.324 e. The molecular weight excluding hydrogens is 420 g/mol. The summed E-state index contributed by atoms with van der Waals surface area (Å²) in [6, 6.07) is 15.9.